The van der Waals surface area contributed by atoms with Crippen LogP contribution in [0.4, 0.5) is 0 Å². The fourth-order valence-electron chi connectivity index (χ4n) is 7.07. The lowest BCUT2D eigenvalue weighted by Crippen LogP contribution is -2.30. The minimum absolute atomic E-state index is 0.0659. The Labute approximate surface area is 336 Å². The second-order valence-corrected chi connectivity index (χ2v) is 17.1. The van der Waals surface area contributed by atoms with Gasteiger partial charge >= 0.3 is 17.9 Å². The van der Waals surface area contributed by atoms with Crippen LogP contribution in [-0.2, 0) is 28.6 Å². The molecule has 0 aromatic rings. The summed E-state index contributed by atoms with van der Waals surface area (Å²) in [6, 6.07) is 0. The van der Waals surface area contributed by atoms with Gasteiger partial charge in [0.15, 0.2) is 6.10 Å². The van der Waals surface area contributed by atoms with E-state index in [1.54, 1.807) is 0 Å². The summed E-state index contributed by atoms with van der Waals surface area (Å²) in [5.74, 6) is 0.803. The van der Waals surface area contributed by atoms with Crippen LogP contribution < -0.4 is 0 Å². The summed E-state index contributed by atoms with van der Waals surface area (Å²) in [5, 5.41) is 0. The molecule has 0 bridgehead atoms. The van der Waals surface area contributed by atoms with Crippen LogP contribution in [0.3, 0.4) is 0 Å². The van der Waals surface area contributed by atoms with Crippen molar-refractivity contribution >= 4 is 17.9 Å². The Morgan fingerprint density at radius 3 is 1.06 bits per heavy atom. The van der Waals surface area contributed by atoms with E-state index >= 15 is 0 Å². The van der Waals surface area contributed by atoms with Crippen LogP contribution in [0.5, 0.6) is 0 Å². The Balaban J connectivity index is 4.19. The Hall–Kier alpha value is -1.59. The maximum Gasteiger partial charge on any atom is 0.306 e. The third-order valence-corrected chi connectivity index (χ3v) is 11.1. The molecule has 0 aromatic carbocycles. The third-order valence-electron chi connectivity index (χ3n) is 11.1. The molecule has 320 valence electrons. The quantitative estimate of drug-likeness (QED) is 0.0350. The summed E-state index contributed by atoms with van der Waals surface area (Å²) in [5.41, 5.74) is 0. The smallest absolute Gasteiger partial charge is 0.306 e. The molecule has 0 rings (SSSR count). The van der Waals surface area contributed by atoms with Gasteiger partial charge in [-0.2, -0.15) is 0 Å². The zero-order valence-electron chi connectivity index (χ0n) is 36.8. The standard InChI is InChI=1S/C48H92O6/c1-6-8-9-10-21-28-33-38-46(49)52-41-45(42-53-47(50)39-34-29-25-24-27-32-37-44(5)7-2)54-48(51)40-35-30-23-20-18-16-14-12-11-13-15-17-19-22-26-31-36-43(3)4/h43-45H,6-42H2,1-5H3/t44?,45-/m0/s1. The van der Waals surface area contributed by atoms with E-state index in [-0.39, 0.29) is 31.1 Å². The summed E-state index contributed by atoms with van der Waals surface area (Å²) < 4.78 is 16.7. The predicted molar refractivity (Wildman–Crippen MR) is 229 cm³/mol. The van der Waals surface area contributed by atoms with Gasteiger partial charge in [-0.1, -0.05) is 221 Å². The number of hydrogen-bond acceptors (Lipinski definition) is 6. The number of hydrogen-bond donors (Lipinski definition) is 0. The first-order chi connectivity index (χ1) is 26.3. The molecule has 0 radical (unpaired) electrons. The van der Waals surface area contributed by atoms with Gasteiger partial charge in [-0.15, -0.1) is 0 Å². The molecular formula is C48H92O6. The monoisotopic (exact) mass is 765 g/mol. The molecule has 0 aromatic heterocycles. The molecule has 0 N–H and O–H groups in total. The molecule has 0 aliphatic heterocycles. The lowest BCUT2D eigenvalue weighted by molar-refractivity contribution is -0.167. The molecular weight excluding hydrogens is 673 g/mol. The van der Waals surface area contributed by atoms with Crippen molar-refractivity contribution in [3.8, 4) is 0 Å². The summed E-state index contributed by atoms with van der Waals surface area (Å²) in [6.07, 6.45) is 39.6. The average Bonchev–Trinajstić information content (AvgIpc) is 3.15. The number of carbonyl (C=O) groups excluding carboxylic acids is 3. The van der Waals surface area contributed by atoms with Crippen molar-refractivity contribution < 1.29 is 28.6 Å². The molecule has 1 unspecified atom stereocenters. The first kappa shape index (κ1) is 52.4. The molecule has 2 atom stereocenters. The summed E-state index contributed by atoms with van der Waals surface area (Å²) in [6.45, 7) is 11.3. The van der Waals surface area contributed by atoms with E-state index in [1.165, 1.54) is 148 Å². The lowest BCUT2D eigenvalue weighted by atomic mass is 10.00. The maximum absolute atomic E-state index is 12.7. The first-order valence-corrected chi connectivity index (χ1v) is 23.8. The summed E-state index contributed by atoms with van der Waals surface area (Å²) in [7, 11) is 0. The van der Waals surface area contributed by atoms with Gasteiger partial charge in [-0.25, -0.2) is 0 Å². The first-order valence-electron chi connectivity index (χ1n) is 23.8. The van der Waals surface area contributed by atoms with Crippen LogP contribution in [-0.4, -0.2) is 37.2 Å². The molecule has 6 nitrogen and oxygen atoms in total. The Morgan fingerprint density at radius 2 is 0.704 bits per heavy atom. The highest BCUT2D eigenvalue weighted by Gasteiger charge is 2.19. The topological polar surface area (TPSA) is 78.9 Å². The second-order valence-electron chi connectivity index (χ2n) is 17.1. The van der Waals surface area contributed by atoms with Crippen molar-refractivity contribution in [1.82, 2.24) is 0 Å². The van der Waals surface area contributed by atoms with Gasteiger partial charge in [0.1, 0.15) is 13.2 Å². The number of rotatable bonds is 42. The zero-order valence-corrected chi connectivity index (χ0v) is 36.8. The highest BCUT2D eigenvalue weighted by Crippen LogP contribution is 2.17. The van der Waals surface area contributed by atoms with Gasteiger partial charge in [0, 0.05) is 19.3 Å². The average molecular weight is 765 g/mol. The molecule has 54 heavy (non-hydrogen) atoms. The van der Waals surface area contributed by atoms with E-state index in [0.717, 1.165) is 69.6 Å². The van der Waals surface area contributed by atoms with Crippen molar-refractivity contribution in [3.05, 3.63) is 0 Å². The number of carbonyl (C=O) groups is 3. The van der Waals surface area contributed by atoms with E-state index in [2.05, 4.69) is 34.6 Å². The summed E-state index contributed by atoms with van der Waals surface area (Å²) >= 11 is 0. The molecule has 0 aliphatic carbocycles. The van der Waals surface area contributed by atoms with Crippen LogP contribution >= 0.6 is 0 Å². The van der Waals surface area contributed by atoms with Crippen molar-refractivity contribution in [1.29, 1.82) is 0 Å². The number of unbranched alkanes of at least 4 members (excludes halogenated alkanes) is 26. The minimum Gasteiger partial charge on any atom is -0.462 e. The largest absolute Gasteiger partial charge is 0.462 e. The van der Waals surface area contributed by atoms with E-state index < -0.39 is 6.10 Å². The van der Waals surface area contributed by atoms with Gasteiger partial charge in [0.2, 0.25) is 0 Å². The molecule has 0 saturated carbocycles. The third kappa shape index (κ3) is 40.1. The van der Waals surface area contributed by atoms with Crippen molar-refractivity contribution in [2.75, 3.05) is 13.2 Å². The van der Waals surface area contributed by atoms with E-state index in [4.69, 9.17) is 14.2 Å². The van der Waals surface area contributed by atoms with Crippen molar-refractivity contribution in [3.63, 3.8) is 0 Å². The van der Waals surface area contributed by atoms with E-state index in [1.807, 2.05) is 0 Å². The van der Waals surface area contributed by atoms with Crippen LogP contribution in [0.15, 0.2) is 0 Å². The zero-order chi connectivity index (χ0) is 39.7. The van der Waals surface area contributed by atoms with Gasteiger partial charge < -0.3 is 14.2 Å². The lowest BCUT2D eigenvalue weighted by Gasteiger charge is -2.18. The Morgan fingerprint density at radius 1 is 0.389 bits per heavy atom. The SMILES string of the molecule is CCCCCCCCCC(=O)OC[C@@H](COC(=O)CCCCCCCCC(C)CC)OC(=O)CCCCCCCCCCCCCCCCCCC(C)C. The molecule has 0 heterocycles. The fourth-order valence-corrected chi connectivity index (χ4v) is 7.07. The van der Waals surface area contributed by atoms with Gasteiger partial charge in [-0.3, -0.25) is 14.4 Å². The molecule has 6 heteroatoms. The van der Waals surface area contributed by atoms with Gasteiger partial charge in [0.05, 0.1) is 0 Å². The van der Waals surface area contributed by atoms with Crippen LogP contribution in [0.1, 0.15) is 259 Å². The normalized spacial score (nSPS) is 12.6. The number of esters is 3. The highest BCUT2D eigenvalue weighted by atomic mass is 16.6. The molecule has 0 amide bonds. The second kappa shape index (κ2) is 41.1. The molecule has 0 fully saturated rings. The van der Waals surface area contributed by atoms with E-state index in [9.17, 15) is 14.4 Å². The van der Waals surface area contributed by atoms with Gasteiger partial charge in [0.25, 0.3) is 0 Å². The fraction of sp³-hybridized carbons (Fsp3) is 0.938. The van der Waals surface area contributed by atoms with Crippen LogP contribution in [0, 0.1) is 11.8 Å². The van der Waals surface area contributed by atoms with Crippen molar-refractivity contribution in [2.45, 2.75) is 265 Å². The maximum atomic E-state index is 12.7. The Kier molecular flexibility index (Phi) is 39.8. The molecule has 0 aliphatic rings. The predicted octanol–water partition coefficient (Wildman–Crippen LogP) is 15.0. The molecule has 0 saturated heterocycles. The number of ether oxygens (including phenoxy) is 3. The van der Waals surface area contributed by atoms with E-state index in [0.29, 0.717) is 19.3 Å². The van der Waals surface area contributed by atoms with Gasteiger partial charge in [-0.05, 0) is 31.1 Å². The van der Waals surface area contributed by atoms with Crippen molar-refractivity contribution in [2.24, 2.45) is 11.8 Å². The minimum atomic E-state index is -0.760. The molecule has 0 spiro atoms. The Bertz CT molecular complexity index is 826. The highest BCUT2D eigenvalue weighted by molar-refractivity contribution is 5.71. The van der Waals surface area contributed by atoms with Crippen LogP contribution in [0.25, 0.3) is 0 Å². The summed E-state index contributed by atoms with van der Waals surface area (Å²) in [4.78, 5) is 37.6. The van der Waals surface area contributed by atoms with Crippen LogP contribution in [0.2, 0.25) is 0 Å².